The van der Waals surface area contributed by atoms with E-state index in [1.54, 1.807) is 28.0 Å². The molecule has 3 aliphatic heterocycles. The van der Waals surface area contributed by atoms with Crippen LogP contribution in [0.2, 0.25) is 0 Å². The number of carbonyl (C=O) groups excluding carboxylic acids is 2. The van der Waals surface area contributed by atoms with Crippen LogP contribution < -0.4 is 0 Å². The van der Waals surface area contributed by atoms with Crippen molar-refractivity contribution in [1.29, 1.82) is 0 Å². The number of benzene rings is 2. The summed E-state index contributed by atoms with van der Waals surface area (Å²) in [4.78, 5) is 29.0. The van der Waals surface area contributed by atoms with Gasteiger partial charge in [0.05, 0.1) is 23.8 Å². The summed E-state index contributed by atoms with van der Waals surface area (Å²) < 4.78 is 96.3. The van der Waals surface area contributed by atoms with Gasteiger partial charge >= 0.3 is 12.4 Å². The van der Waals surface area contributed by atoms with E-state index in [0.717, 1.165) is 12.8 Å². The molecule has 4 unspecified atom stereocenters. The lowest BCUT2D eigenvalue weighted by atomic mass is 9.85. The Labute approximate surface area is 233 Å². The number of ether oxygens (including phenoxy) is 1. The largest absolute Gasteiger partial charge is 0.416 e. The molecule has 0 saturated carbocycles. The van der Waals surface area contributed by atoms with Gasteiger partial charge in [0, 0.05) is 43.9 Å². The van der Waals surface area contributed by atoms with Gasteiger partial charge in [-0.1, -0.05) is 25.1 Å². The van der Waals surface area contributed by atoms with E-state index in [4.69, 9.17) is 4.74 Å². The lowest BCUT2D eigenvalue weighted by Crippen LogP contribution is -2.48. The van der Waals surface area contributed by atoms with Crippen LogP contribution in [-0.2, 0) is 33.3 Å². The number of halogens is 7. The van der Waals surface area contributed by atoms with Crippen LogP contribution in [-0.4, -0.2) is 53.4 Å². The Hall–Kier alpha value is -3.15. The van der Waals surface area contributed by atoms with Gasteiger partial charge < -0.3 is 14.5 Å². The van der Waals surface area contributed by atoms with Crippen LogP contribution in [0.1, 0.15) is 49.3 Å². The summed E-state index contributed by atoms with van der Waals surface area (Å²) in [5, 5.41) is 0. The predicted molar refractivity (Wildman–Crippen MR) is 135 cm³/mol. The smallest absolute Gasteiger partial charge is 0.371 e. The fourth-order valence-electron chi connectivity index (χ4n) is 5.67. The fourth-order valence-corrected chi connectivity index (χ4v) is 5.67. The normalized spacial score (nSPS) is 24.6. The van der Waals surface area contributed by atoms with Crippen molar-refractivity contribution in [2.45, 2.75) is 63.7 Å². The van der Waals surface area contributed by atoms with Crippen molar-refractivity contribution in [3.63, 3.8) is 0 Å². The average molecular weight is 589 g/mol. The second-order valence-electron chi connectivity index (χ2n) is 10.7. The molecule has 0 bridgehead atoms. The highest BCUT2D eigenvalue weighted by Gasteiger charge is 2.48. The molecule has 2 aromatic rings. The molecule has 41 heavy (non-hydrogen) atoms. The van der Waals surface area contributed by atoms with Gasteiger partial charge in [0.1, 0.15) is 5.82 Å². The van der Waals surface area contributed by atoms with Crippen LogP contribution >= 0.6 is 0 Å². The van der Waals surface area contributed by atoms with Gasteiger partial charge in [-0.2, -0.15) is 26.3 Å². The van der Waals surface area contributed by atoms with E-state index in [1.165, 1.54) is 12.1 Å². The third-order valence-corrected chi connectivity index (χ3v) is 7.85. The summed E-state index contributed by atoms with van der Waals surface area (Å²) in [6, 6.07) is 9.07. The van der Waals surface area contributed by atoms with Gasteiger partial charge in [-0.15, -0.1) is 0 Å². The zero-order chi connectivity index (χ0) is 29.9. The van der Waals surface area contributed by atoms with Crippen LogP contribution in [0.25, 0.3) is 0 Å². The number of carbonyl (C=O) groups is 2. The molecular formula is C29H31F7N2O3. The average Bonchev–Trinajstić information content (AvgIpc) is 3.56. The van der Waals surface area contributed by atoms with Crippen molar-refractivity contribution < 1.29 is 45.1 Å². The van der Waals surface area contributed by atoms with E-state index >= 15 is 0 Å². The Kier molecular flexibility index (Phi) is 9.30. The van der Waals surface area contributed by atoms with E-state index in [1.807, 2.05) is 6.92 Å². The first-order valence-electron chi connectivity index (χ1n) is 13.4. The number of piperidine rings is 1. The molecule has 224 valence electrons. The van der Waals surface area contributed by atoms with Crippen molar-refractivity contribution >= 4 is 11.8 Å². The van der Waals surface area contributed by atoms with Gasteiger partial charge in [-0.05, 0) is 55.2 Å². The van der Waals surface area contributed by atoms with E-state index in [-0.39, 0.29) is 54.2 Å². The summed E-state index contributed by atoms with van der Waals surface area (Å²) in [5.74, 6) is -1.00. The number of fused-ring (bicyclic) bond motifs is 1. The highest BCUT2D eigenvalue weighted by Crippen LogP contribution is 2.39. The van der Waals surface area contributed by atoms with Crippen molar-refractivity contribution in [3.8, 4) is 0 Å². The van der Waals surface area contributed by atoms with Crippen LogP contribution in [0, 0.1) is 17.7 Å². The molecule has 4 atom stereocenters. The number of nitrogens with zero attached hydrogens (tertiary/aromatic N) is 2. The summed E-state index contributed by atoms with van der Waals surface area (Å²) in [7, 11) is 0. The SMILES string of the molecule is CC1C(OCc2cc(C(F)(F)F)cc(C(F)(F)F)c2)CN2C(=O)CC(C(=O)N3CCCC3)CC12.Fc1ccccc1. The Balaban J connectivity index is 0.000000483. The number of hydrogen-bond donors (Lipinski definition) is 0. The van der Waals surface area contributed by atoms with E-state index < -0.39 is 42.1 Å². The lowest BCUT2D eigenvalue weighted by Gasteiger charge is -2.36. The van der Waals surface area contributed by atoms with Crippen LogP contribution in [0.15, 0.2) is 48.5 Å². The molecule has 0 radical (unpaired) electrons. The second kappa shape index (κ2) is 12.4. The molecule has 0 aliphatic carbocycles. The van der Waals surface area contributed by atoms with Gasteiger partial charge in [-0.3, -0.25) is 9.59 Å². The van der Waals surface area contributed by atoms with E-state index in [2.05, 4.69) is 0 Å². The molecule has 0 N–H and O–H groups in total. The predicted octanol–water partition coefficient (Wildman–Crippen LogP) is 6.31. The molecule has 3 aliphatic rings. The maximum Gasteiger partial charge on any atom is 0.416 e. The fraction of sp³-hybridized carbons (Fsp3) is 0.517. The highest BCUT2D eigenvalue weighted by atomic mass is 19.4. The summed E-state index contributed by atoms with van der Waals surface area (Å²) in [6.45, 7) is 2.96. The zero-order valence-electron chi connectivity index (χ0n) is 22.3. The first-order valence-corrected chi connectivity index (χ1v) is 13.4. The van der Waals surface area contributed by atoms with E-state index in [0.29, 0.717) is 31.6 Å². The summed E-state index contributed by atoms with van der Waals surface area (Å²) >= 11 is 0. The monoisotopic (exact) mass is 588 g/mol. The number of rotatable bonds is 4. The molecule has 3 fully saturated rings. The second-order valence-corrected chi connectivity index (χ2v) is 10.7. The minimum Gasteiger partial charge on any atom is -0.371 e. The van der Waals surface area contributed by atoms with Gasteiger partial charge in [0.2, 0.25) is 11.8 Å². The third-order valence-electron chi connectivity index (χ3n) is 7.85. The van der Waals surface area contributed by atoms with Crippen molar-refractivity contribution in [1.82, 2.24) is 9.80 Å². The minimum atomic E-state index is -4.93. The zero-order valence-corrected chi connectivity index (χ0v) is 22.3. The molecule has 5 nitrogen and oxygen atoms in total. The van der Waals surface area contributed by atoms with Crippen LogP contribution in [0.4, 0.5) is 30.7 Å². The quantitative estimate of drug-likeness (QED) is 0.394. The molecule has 12 heteroatoms. The number of amides is 2. The third kappa shape index (κ3) is 7.58. The van der Waals surface area contributed by atoms with Gasteiger partial charge in [-0.25, -0.2) is 4.39 Å². The van der Waals surface area contributed by atoms with Crippen molar-refractivity contribution in [3.05, 3.63) is 71.0 Å². The molecule has 2 aromatic carbocycles. The van der Waals surface area contributed by atoms with Crippen molar-refractivity contribution in [2.24, 2.45) is 11.8 Å². The molecule has 3 saturated heterocycles. The topological polar surface area (TPSA) is 49.9 Å². The summed E-state index contributed by atoms with van der Waals surface area (Å²) in [6.07, 6.45) is -7.95. The highest BCUT2D eigenvalue weighted by molar-refractivity contribution is 5.87. The Morgan fingerprint density at radius 3 is 2.05 bits per heavy atom. The van der Waals surface area contributed by atoms with Gasteiger partial charge in [0.25, 0.3) is 0 Å². The summed E-state index contributed by atoms with van der Waals surface area (Å²) in [5.41, 5.74) is -3.03. The molecule has 2 amide bonds. The molecule has 5 rings (SSSR count). The lowest BCUT2D eigenvalue weighted by molar-refractivity contribution is -0.146. The number of likely N-dealkylation sites (tertiary alicyclic amines) is 1. The van der Waals surface area contributed by atoms with E-state index in [9.17, 15) is 40.3 Å². The first-order chi connectivity index (χ1) is 19.2. The Morgan fingerprint density at radius 2 is 1.54 bits per heavy atom. The maximum atomic E-state index is 13.1. The van der Waals surface area contributed by atoms with Crippen LogP contribution in [0.5, 0.6) is 0 Å². The molecular weight excluding hydrogens is 557 g/mol. The molecule has 0 spiro atoms. The Bertz CT molecular complexity index is 1180. The maximum absolute atomic E-state index is 13.1. The van der Waals surface area contributed by atoms with Crippen LogP contribution in [0.3, 0.4) is 0 Å². The number of alkyl halides is 6. The van der Waals surface area contributed by atoms with Crippen molar-refractivity contribution in [2.75, 3.05) is 19.6 Å². The minimum absolute atomic E-state index is 0.0225. The first kappa shape index (κ1) is 30.8. The Morgan fingerprint density at radius 1 is 0.951 bits per heavy atom. The number of hydrogen-bond acceptors (Lipinski definition) is 3. The molecule has 3 heterocycles. The van der Waals surface area contributed by atoms with Gasteiger partial charge in [0.15, 0.2) is 0 Å². The standard InChI is InChI=1S/C23H26F6N2O3.C6H5F/c1-13-18-8-15(21(33)30-4-2-3-5-30)9-20(32)31(18)11-19(13)34-12-14-6-16(22(24,25)26)10-17(7-14)23(27,28)29;7-6-4-2-1-3-5-6/h6-7,10,13,15,18-19H,2-5,8-9,11-12H2,1H3;1-5H. The molecule has 0 aromatic heterocycles.